The zero-order valence-electron chi connectivity index (χ0n) is 17.0. The van der Waals surface area contributed by atoms with Crippen molar-refractivity contribution in [2.24, 2.45) is 10.9 Å². The molecule has 1 amide bonds. The number of fused-ring (bicyclic) bond motifs is 1. The van der Waals surface area contributed by atoms with E-state index in [1.807, 2.05) is 42.5 Å². The molecule has 1 saturated carbocycles. The average molecular weight is 420 g/mol. The summed E-state index contributed by atoms with van der Waals surface area (Å²) >= 11 is 1.68. The Morgan fingerprint density at radius 1 is 1.13 bits per heavy atom. The van der Waals surface area contributed by atoms with Gasteiger partial charge in [0.15, 0.2) is 11.4 Å². The van der Waals surface area contributed by atoms with E-state index < -0.39 is 0 Å². The molecule has 2 atom stereocenters. The number of thiazole rings is 1. The molecule has 1 aliphatic heterocycles. The lowest BCUT2D eigenvalue weighted by molar-refractivity contribution is -0.118. The highest BCUT2D eigenvalue weighted by Crippen LogP contribution is 2.38. The van der Waals surface area contributed by atoms with Gasteiger partial charge in [-0.15, -0.1) is 11.3 Å². The Kier molecular flexibility index (Phi) is 5.17. The van der Waals surface area contributed by atoms with Crippen molar-refractivity contribution in [1.29, 1.82) is 0 Å². The number of nitrogens with zero attached hydrogens (tertiary/aromatic N) is 2. The molecule has 1 aliphatic carbocycles. The first-order chi connectivity index (χ1) is 14.7. The normalized spacial score (nSPS) is 21.6. The Morgan fingerprint density at radius 2 is 1.97 bits per heavy atom. The first kappa shape index (κ1) is 19.1. The Balaban J connectivity index is 1.65. The topological polar surface area (TPSA) is 55.6 Å². The van der Waals surface area contributed by atoms with E-state index in [4.69, 9.17) is 9.73 Å². The van der Waals surface area contributed by atoms with Gasteiger partial charge in [-0.2, -0.15) is 0 Å². The van der Waals surface area contributed by atoms with Crippen LogP contribution in [0.5, 0.6) is 5.75 Å². The van der Waals surface area contributed by atoms with Gasteiger partial charge < -0.3 is 14.6 Å². The van der Waals surface area contributed by atoms with E-state index in [2.05, 4.69) is 28.3 Å². The van der Waals surface area contributed by atoms with Crippen LogP contribution in [0.4, 0.5) is 11.4 Å². The molecule has 1 aromatic heterocycles. The lowest BCUT2D eigenvalue weighted by atomic mass is 9.85. The van der Waals surface area contributed by atoms with E-state index in [0.29, 0.717) is 12.0 Å². The van der Waals surface area contributed by atoms with E-state index in [0.717, 1.165) is 39.6 Å². The molecule has 0 spiro atoms. The average Bonchev–Trinajstić information content (AvgIpc) is 3.17. The highest BCUT2D eigenvalue weighted by Gasteiger charge is 2.27. The fourth-order valence-corrected chi connectivity index (χ4v) is 5.44. The van der Waals surface area contributed by atoms with Crippen molar-refractivity contribution in [3.63, 3.8) is 0 Å². The molecule has 5 nitrogen and oxygen atoms in total. The maximum Gasteiger partial charge on any atom is 0.262 e. The van der Waals surface area contributed by atoms with E-state index >= 15 is 0 Å². The van der Waals surface area contributed by atoms with Crippen LogP contribution in [-0.2, 0) is 4.79 Å². The van der Waals surface area contributed by atoms with Crippen molar-refractivity contribution in [3.05, 3.63) is 58.7 Å². The minimum atomic E-state index is -0.112. The molecule has 2 unspecified atom stereocenters. The third-order valence-corrected chi connectivity index (χ3v) is 6.87. The standard InChI is InChI=1S/C24H25N3O2S/c1-16-7-5-6-10-20(16)27-21(15-30-24(27)25-18-8-3-2-4-9-18)17-11-12-22-19(13-17)26-23(28)14-29-22/h2-4,8-9,11-13,15-16,20H,5-7,10,14H2,1H3,(H,26,28). The molecule has 0 radical (unpaired) electrons. The van der Waals surface area contributed by atoms with Gasteiger partial charge in [0, 0.05) is 17.0 Å². The van der Waals surface area contributed by atoms with Crippen LogP contribution in [0.2, 0.25) is 0 Å². The SMILES string of the molecule is CC1CCCCC1n1c(-c2ccc3c(c2)NC(=O)CO3)csc1=Nc1ccccc1. The van der Waals surface area contributed by atoms with Gasteiger partial charge in [0.1, 0.15) is 5.75 Å². The van der Waals surface area contributed by atoms with Crippen LogP contribution in [0.3, 0.4) is 0 Å². The maximum absolute atomic E-state index is 11.8. The van der Waals surface area contributed by atoms with Crippen LogP contribution >= 0.6 is 11.3 Å². The van der Waals surface area contributed by atoms with Gasteiger partial charge >= 0.3 is 0 Å². The summed E-state index contributed by atoms with van der Waals surface area (Å²) in [6, 6.07) is 16.6. The van der Waals surface area contributed by atoms with Crippen molar-refractivity contribution < 1.29 is 9.53 Å². The van der Waals surface area contributed by atoms with Crippen LogP contribution in [0.1, 0.15) is 38.6 Å². The summed E-state index contributed by atoms with van der Waals surface area (Å²) in [4.78, 5) is 17.8. The number of para-hydroxylation sites is 1. The molecule has 2 heterocycles. The van der Waals surface area contributed by atoms with Gasteiger partial charge in [0.2, 0.25) is 0 Å². The number of anilines is 1. The molecule has 5 rings (SSSR count). The predicted molar refractivity (Wildman–Crippen MR) is 120 cm³/mol. The minimum Gasteiger partial charge on any atom is -0.482 e. The summed E-state index contributed by atoms with van der Waals surface area (Å²) in [5.41, 5.74) is 3.92. The second kappa shape index (κ2) is 8.11. The third-order valence-electron chi connectivity index (χ3n) is 6.03. The maximum atomic E-state index is 11.8. The fourth-order valence-electron chi connectivity index (χ4n) is 4.47. The summed E-state index contributed by atoms with van der Waals surface area (Å²) in [5, 5.41) is 5.12. The van der Waals surface area contributed by atoms with Crippen molar-refractivity contribution in [2.45, 2.75) is 38.6 Å². The molecule has 30 heavy (non-hydrogen) atoms. The van der Waals surface area contributed by atoms with Crippen LogP contribution in [0.25, 0.3) is 11.3 Å². The number of hydrogen-bond donors (Lipinski definition) is 1. The lowest BCUT2D eigenvalue weighted by Crippen LogP contribution is -2.29. The number of carbonyl (C=O) groups is 1. The molecule has 154 valence electrons. The van der Waals surface area contributed by atoms with Crippen molar-refractivity contribution in [2.75, 3.05) is 11.9 Å². The monoisotopic (exact) mass is 419 g/mol. The zero-order chi connectivity index (χ0) is 20.5. The summed E-state index contributed by atoms with van der Waals surface area (Å²) in [6.07, 6.45) is 4.95. The molecule has 0 saturated heterocycles. The number of benzene rings is 2. The number of ether oxygens (including phenoxy) is 1. The Labute approximate surface area is 180 Å². The number of amides is 1. The van der Waals surface area contributed by atoms with Gasteiger partial charge in [0.25, 0.3) is 5.91 Å². The van der Waals surface area contributed by atoms with Gasteiger partial charge in [-0.3, -0.25) is 4.79 Å². The summed E-state index contributed by atoms with van der Waals surface area (Å²) in [7, 11) is 0. The Hall–Kier alpha value is -2.86. The van der Waals surface area contributed by atoms with E-state index in [-0.39, 0.29) is 12.5 Å². The molecule has 2 aromatic carbocycles. The number of carbonyl (C=O) groups excluding carboxylic acids is 1. The third kappa shape index (κ3) is 3.67. The smallest absolute Gasteiger partial charge is 0.262 e. The quantitative estimate of drug-likeness (QED) is 0.607. The van der Waals surface area contributed by atoms with Gasteiger partial charge in [-0.25, -0.2) is 4.99 Å². The summed E-state index contributed by atoms with van der Waals surface area (Å²) in [6.45, 7) is 2.43. The number of aromatic nitrogens is 1. The molecule has 2 aliphatic rings. The number of hydrogen-bond acceptors (Lipinski definition) is 4. The van der Waals surface area contributed by atoms with E-state index in [9.17, 15) is 4.79 Å². The number of rotatable bonds is 3. The summed E-state index contributed by atoms with van der Waals surface area (Å²) in [5.74, 6) is 1.21. The highest BCUT2D eigenvalue weighted by atomic mass is 32.1. The lowest BCUT2D eigenvalue weighted by Gasteiger charge is -2.31. The number of nitrogens with one attached hydrogen (secondary N) is 1. The van der Waals surface area contributed by atoms with Crippen LogP contribution in [0, 0.1) is 5.92 Å². The molecule has 0 bridgehead atoms. The largest absolute Gasteiger partial charge is 0.482 e. The Morgan fingerprint density at radius 3 is 2.80 bits per heavy atom. The predicted octanol–water partition coefficient (Wildman–Crippen LogP) is 5.53. The van der Waals surface area contributed by atoms with E-state index in [1.54, 1.807) is 11.3 Å². The van der Waals surface area contributed by atoms with E-state index in [1.165, 1.54) is 19.3 Å². The van der Waals surface area contributed by atoms with Gasteiger partial charge in [0.05, 0.1) is 17.1 Å². The first-order valence-corrected chi connectivity index (χ1v) is 11.4. The second-order valence-corrected chi connectivity index (χ2v) is 8.93. The molecular weight excluding hydrogens is 394 g/mol. The molecule has 6 heteroatoms. The van der Waals surface area contributed by atoms with Crippen LogP contribution < -0.4 is 14.9 Å². The first-order valence-electron chi connectivity index (χ1n) is 10.6. The molecular formula is C24H25N3O2S. The van der Waals surface area contributed by atoms with Crippen LogP contribution in [-0.4, -0.2) is 17.1 Å². The summed E-state index contributed by atoms with van der Waals surface area (Å²) < 4.78 is 7.96. The van der Waals surface area contributed by atoms with Crippen LogP contribution in [0.15, 0.2) is 58.9 Å². The van der Waals surface area contributed by atoms with Crippen molar-refractivity contribution in [1.82, 2.24) is 4.57 Å². The van der Waals surface area contributed by atoms with Crippen molar-refractivity contribution >= 4 is 28.6 Å². The van der Waals surface area contributed by atoms with Gasteiger partial charge in [-0.1, -0.05) is 38.0 Å². The molecule has 1 fully saturated rings. The minimum absolute atomic E-state index is 0.0739. The van der Waals surface area contributed by atoms with Gasteiger partial charge in [-0.05, 0) is 49.1 Å². The fraction of sp³-hybridized carbons (Fsp3) is 0.333. The van der Waals surface area contributed by atoms with Crippen molar-refractivity contribution in [3.8, 4) is 17.0 Å². The molecule has 1 N–H and O–H groups in total. The second-order valence-electron chi connectivity index (χ2n) is 8.10. The zero-order valence-corrected chi connectivity index (χ0v) is 17.8. The Bertz CT molecular complexity index is 1130. The highest BCUT2D eigenvalue weighted by molar-refractivity contribution is 7.07. The molecule has 3 aromatic rings.